The predicted octanol–water partition coefficient (Wildman–Crippen LogP) is -0.981. The van der Waals surface area contributed by atoms with Crippen LogP contribution in [0.15, 0.2) is 0 Å². The molecule has 0 unspecified atom stereocenters. The molecule has 0 aromatic heterocycles. The molecule has 0 aliphatic carbocycles. The monoisotopic (exact) mass is 268 g/mol. The molecule has 2 aliphatic heterocycles. The van der Waals surface area contributed by atoms with Gasteiger partial charge in [-0.2, -0.15) is 0 Å². The summed E-state index contributed by atoms with van der Waals surface area (Å²) in [6.45, 7) is 4.83. The number of carbonyl (C=O) groups excluding carboxylic acids is 2. The van der Waals surface area contributed by atoms with Crippen molar-refractivity contribution in [1.29, 1.82) is 0 Å². The fourth-order valence-corrected chi connectivity index (χ4v) is 2.54. The van der Waals surface area contributed by atoms with Crippen LogP contribution in [0.1, 0.15) is 19.3 Å². The number of hydrogen-bond acceptors (Lipinski definition) is 4. The van der Waals surface area contributed by atoms with E-state index in [-0.39, 0.29) is 17.9 Å². The summed E-state index contributed by atoms with van der Waals surface area (Å²) in [7, 11) is 2.07. The fraction of sp³-hybridized carbons (Fsp3) is 0.846. The first-order valence-electron chi connectivity index (χ1n) is 7.14. The van der Waals surface area contributed by atoms with Gasteiger partial charge in [-0.1, -0.05) is 0 Å². The second-order valence-electron chi connectivity index (χ2n) is 5.37. The lowest BCUT2D eigenvalue weighted by Crippen LogP contribution is -2.48. The summed E-state index contributed by atoms with van der Waals surface area (Å²) in [5.74, 6) is 0.177. The van der Waals surface area contributed by atoms with E-state index in [0.29, 0.717) is 13.0 Å². The van der Waals surface area contributed by atoms with Crippen LogP contribution in [0.3, 0.4) is 0 Å². The molecule has 2 fully saturated rings. The number of likely N-dealkylation sites (N-methyl/N-ethyl adjacent to an activating group) is 1. The van der Waals surface area contributed by atoms with E-state index in [4.69, 9.17) is 0 Å². The van der Waals surface area contributed by atoms with Crippen molar-refractivity contribution < 1.29 is 9.59 Å². The van der Waals surface area contributed by atoms with E-state index in [1.165, 1.54) is 0 Å². The van der Waals surface area contributed by atoms with Crippen LogP contribution >= 0.6 is 0 Å². The van der Waals surface area contributed by atoms with Crippen molar-refractivity contribution >= 4 is 11.8 Å². The van der Waals surface area contributed by atoms with Crippen molar-refractivity contribution in [2.45, 2.75) is 25.3 Å². The minimum Gasteiger partial charge on any atom is -0.354 e. The maximum atomic E-state index is 11.9. The zero-order valence-electron chi connectivity index (χ0n) is 11.7. The number of carbonyl (C=O) groups is 2. The Morgan fingerprint density at radius 1 is 1.26 bits per heavy atom. The number of piperazine rings is 1. The second kappa shape index (κ2) is 6.86. The average molecular weight is 268 g/mol. The Labute approximate surface area is 114 Å². The molecule has 2 aliphatic rings. The molecule has 0 bridgehead atoms. The maximum Gasteiger partial charge on any atom is 0.237 e. The molecule has 0 aromatic rings. The van der Waals surface area contributed by atoms with E-state index in [0.717, 1.165) is 45.6 Å². The Morgan fingerprint density at radius 2 is 2.00 bits per heavy atom. The minimum absolute atomic E-state index is 0.0312. The zero-order valence-corrected chi connectivity index (χ0v) is 11.7. The van der Waals surface area contributed by atoms with Crippen LogP contribution in [0.5, 0.6) is 0 Å². The van der Waals surface area contributed by atoms with Crippen LogP contribution in [0.4, 0.5) is 0 Å². The van der Waals surface area contributed by atoms with Crippen molar-refractivity contribution in [2.24, 2.45) is 0 Å². The highest BCUT2D eigenvalue weighted by atomic mass is 16.2. The number of nitrogens with zero attached hydrogens (tertiary/aromatic N) is 2. The smallest absolute Gasteiger partial charge is 0.237 e. The third kappa shape index (κ3) is 4.18. The first-order valence-corrected chi connectivity index (χ1v) is 7.14. The van der Waals surface area contributed by atoms with Gasteiger partial charge in [0.15, 0.2) is 0 Å². The summed E-state index contributed by atoms with van der Waals surface area (Å²) in [5.41, 5.74) is 0. The van der Waals surface area contributed by atoms with Gasteiger partial charge in [-0.3, -0.25) is 9.59 Å². The van der Waals surface area contributed by atoms with Gasteiger partial charge in [0.05, 0.1) is 6.04 Å². The molecule has 0 saturated carbocycles. The highest BCUT2D eigenvalue weighted by Crippen LogP contribution is 2.05. The highest BCUT2D eigenvalue weighted by molar-refractivity contribution is 5.83. The Balaban J connectivity index is 1.62. The van der Waals surface area contributed by atoms with Crippen LogP contribution in [-0.2, 0) is 9.59 Å². The third-order valence-electron chi connectivity index (χ3n) is 3.87. The van der Waals surface area contributed by atoms with E-state index >= 15 is 0 Å². The van der Waals surface area contributed by atoms with Gasteiger partial charge in [0.25, 0.3) is 0 Å². The molecular weight excluding hydrogens is 244 g/mol. The van der Waals surface area contributed by atoms with Gasteiger partial charge in [-0.15, -0.1) is 0 Å². The van der Waals surface area contributed by atoms with Crippen LogP contribution in [0.25, 0.3) is 0 Å². The molecule has 0 aromatic carbocycles. The van der Waals surface area contributed by atoms with Crippen LogP contribution in [0, 0.1) is 0 Å². The topological polar surface area (TPSA) is 64.7 Å². The average Bonchev–Trinajstić information content (AvgIpc) is 2.93. The Morgan fingerprint density at radius 3 is 2.63 bits per heavy atom. The predicted molar refractivity (Wildman–Crippen MR) is 72.7 cm³/mol. The van der Waals surface area contributed by atoms with Gasteiger partial charge in [0.2, 0.25) is 11.8 Å². The highest BCUT2D eigenvalue weighted by Gasteiger charge is 2.22. The molecule has 1 atom stereocenters. The normalized spacial score (nSPS) is 24.5. The standard InChI is InChI=1S/C13H24N4O2/c1-16-7-9-17(10-8-16)12(18)4-6-15-13(19)11-3-2-5-14-11/h11,14H,2-10H2,1H3,(H,15,19)/t11-/m0/s1. The number of amides is 2. The molecular formula is C13H24N4O2. The van der Waals surface area contributed by atoms with Crippen molar-refractivity contribution in [1.82, 2.24) is 20.4 Å². The Bertz CT molecular complexity index is 321. The van der Waals surface area contributed by atoms with Gasteiger partial charge in [-0.05, 0) is 26.4 Å². The second-order valence-corrected chi connectivity index (χ2v) is 5.37. The summed E-state index contributed by atoms with van der Waals surface area (Å²) in [5, 5.41) is 5.99. The van der Waals surface area contributed by atoms with Crippen LogP contribution < -0.4 is 10.6 Å². The molecule has 2 rings (SSSR count). The Hall–Kier alpha value is -1.14. The first kappa shape index (κ1) is 14.3. The molecule has 2 saturated heterocycles. The summed E-state index contributed by atoms with van der Waals surface area (Å²) < 4.78 is 0. The summed E-state index contributed by atoms with van der Waals surface area (Å²) >= 11 is 0. The van der Waals surface area contributed by atoms with Gasteiger partial charge in [0, 0.05) is 39.1 Å². The van der Waals surface area contributed by atoms with Crippen molar-refractivity contribution in [3.05, 3.63) is 0 Å². The minimum atomic E-state index is -0.0567. The van der Waals surface area contributed by atoms with Crippen molar-refractivity contribution in [3.63, 3.8) is 0 Å². The molecule has 19 heavy (non-hydrogen) atoms. The molecule has 6 heteroatoms. The van der Waals surface area contributed by atoms with Crippen LogP contribution in [0.2, 0.25) is 0 Å². The SMILES string of the molecule is CN1CCN(C(=O)CCNC(=O)[C@@H]2CCCN2)CC1. The fourth-order valence-electron chi connectivity index (χ4n) is 2.54. The molecule has 6 nitrogen and oxygen atoms in total. The molecule has 0 spiro atoms. The lowest BCUT2D eigenvalue weighted by Gasteiger charge is -2.32. The Kier molecular flexibility index (Phi) is 5.15. The lowest BCUT2D eigenvalue weighted by atomic mass is 10.2. The lowest BCUT2D eigenvalue weighted by molar-refractivity contribution is -0.132. The van der Waals surface area contributed by atoms with Crippen molar-refractivity contribution in [2.75, 3.05) is 46.3 Å². The summed E-state index contributed by atoms with van der Waals surface area (Å²) in [4.78, 5) is 27.8. The maximum absolute atomic E-state index is 11.9. The van der Waals surface area contributed by atoms with Crippen LogP contribution in [-0.4, -0.2) is 74.0 Å². The number of hydrogen-bond donors (Lipinski definition) is 2. The molecule has 0 radical (unpaired) electrons. The quantitative estimate of drug-likeness (QED) is 0.688. The number of rotatable bonds is 4. The largest absolute Gasteiger partial charge is 0.354 e. The third-order valence-corrected chi connectivity index (χ3v) is 3.87. The van der Waals surface area contributed by atoms with E-state index < -0.39 is 0 Å². The van der Waals surface area contributed by atoms with Crippen molar-refractivity contribution in [3.8, 4) is 0 Å². The van der Waals surface area contributed by atoms with E-state index in [1.807, 2.05) is 4.90 Å². The zero-order chi connectivity index (χ0) is 13.7. The van der Waals surface area contributed by atoms with E-state index in [1.54, 1.807) is 0 Å². The number of nitrogens with one attached hydrogen (secondary N) is 2. The van der Waals surface area contributed by atoms with E-state index in [2.05, 4.69) is 22.6 Å². The van der Waals surface area contributed by atoms with Gasteiger partial charge >= 0.3 is 0 Å². The van der Waals surface area contributed by atoms with Gasteiger partial charge in [0.1, 0.15) is 0 Å². The van der Waals surface area contributed by atoms with E-state index in [9.17, 15) is 9.59 Å². The summed E-state index contributed by atoms with van der Waals surface area (Å²) in [6, 6.07) is -0.0567. The molecule has 108 valence electrons. The molecule has 2 heterocycles. The molecule has 2 amide bonds. The summed E-state index contributed by atoms with van der Waals surface area (Å²) in [6.07, 6.45) is 2.36. The van der Waals surface area contributed by atoms with Gasteiger partial charge < -0.3 is 20.4 Å². The van der Waals surface area contributed by atoms with Gasteiger partial charge in [-0.25, -0.2) is 0 Å². The molecule has 2 N–H and O–H groups in total. The first-order chi connectivity index (χ1) is 9.16.